The molecule has 2 fully saturated rings. The van der Waals surface area contributed by atoms with Gasteiger partial charge in [0, 0.05) is 37.4 Å². The van der Waals surface area contributed by atoms with Gasteiger partial charge in [0.1, 0.15) is 0 Å². The lowest BCUT2D eigenvalue weighted by molar-refractivity contribution is 0.345. The summed E-state index contributed by atoms with van der Waals surface area (Å²) in [6.45, 7) is 8.87. The molecular weight excluding hydrogens is 260 g/mol. The van der Waals surface area contributed by atoms with Crippen molar-refractivity contribution >= 4 is 5.95 Å². The van der Waals surface area contributed by atoms with E-state index in [0.717, 1.165) is 31.6 Å². The van der Waals surface area contributed by atoms with Crippen molar-refractivity contribution in [3.63, 3.8) is 0 Å². The van der Waals surface area contributed by atoms with E-state index in [9.17, 15) is 0 Å². The van der Waals surface area contributed by atoms with E-state index in [-0.39, 0.29) is 0 Å². The summed E-state index contributed by atoms with van der Waals surface area (Å²) >= 11 is 0. The van der Waals surface area contributed by atoms with Gasteiger partial charge in [0.05, 0.1) is 5.69 Å². The van der Waals surface area contributed by atoms with Gasteiger partial charge in [-0.05, 0) is 45.4 Å². The normalized spacial score (nSPS) is 28.0. The molecule has 0 radical (unpaired) electrons. The van der Waals surface area contributed by atoms with Crippen LogP contribution >= 0.6 is 0 Å². The van der Waals surface area contributed by atoms with E-state index < -0.39 is 0 Å². The summed E-state index contributed by atoms with van der Waals surface area (Å²) in [6, 6.07) is 2.14. The fourth-order valence-corrected chi connectivity index (χ4v) is 4.11. The Labute approximate surface area is 128 Å². The van der Waals surface area contributed by atoms with E-state index in [1.54, 1.807) is 0 Å². The molecule has 3 heterocycles. The van der Waals surface area contributed by atoms with Crippen LogP contribution in [0.5, 0.6) is 0 Å². The number of rotatable bonds is 6. The monoisotopic (exact) mass is 290 g/mol. The second kappa shape index (κ2) is 6.39. The highest BCUT2D eigenvalue weighted by atomic mass is 15.3. The zero-order valence-electron chi connectivity index (χ0n) is 13.8. The first kappa shape index (κ1) is 14.9. The topological polar surface area (TPSA) is 33.1 Å². The van der Waals surface area contributed by atoms with Gasteiger partial charge in [0.15, 0.2) is 0 Å². The summed E-state index contributed by atoms with van der Waals surface area (Å²) in [7, 11) is 0. The average molecular weight is 290 g/mol. The molecule has 2 saturated heterocycles. The number of hydrogen-bond acceptors (Lipinski definition) is 3. The van der Waals surface area contributed by atoms with Crippen LogP contribution in [0, 0.1) is 0 Å². The van der Waals surface area contributed by atoms with Crippen molar-refractivity contribution in [2.45, 2.75) is 84.0 Å². The lowest BCUT2D eigenvalue weighted by Crippen LogP contribution is -2.49. The van der Waals surface area contributed by atoms with Crippen LogP contribution in [-0.2, 0) is 13.0 Å². The highest BCUT2D eigenvalue weighted by Gasteiger charge is 2.36. The van der Waals surface area contributed by atoms with Crippen LogP contribution in [0.2, 0.25) is 0 Å². The van der Waals surface area contributed by atoms with Crippen LogP contribution < -0.4 is 10.2 Å². The molecule has 0 saturated carbocycles. The summed E-state index contributed by atoms with van der Waals surface area (Å²) in [6.07, 6.45) is 9.75. The molecule has 0 spiro atoms. The maximum atomic E-state index is 4.93. The number of fused-ring (bicyclic) bond motifs is 2. The number of piperidine rings is 1. The molecule has 2 unspecified atom stereocenters. The fraction of sp³-hybridized carbons (Fsp3) is 0.824. The van der Waals surface area contributed by atoms with Crippen LogP contribution in [-0.4, -0.2) is 34.2 Å². The third-order valence-corrected chi connectivity index (χ3v) is 5.12. The van der Waals surface area contributed by atoms with E-state index in [2.05, 4.69) is 41.8 Å². The Morgan fingerprint density at radius 3 is 2.52 bits per heavy atom. The molecule has 1 aromatic heterocycles. The van der Waals surface area contributed by atoms with Gasteiger partial charge in [0.2, 0.25) is 5.95 Å². The predicted molar refractivity (Wildman–Crippen MR) is 87.9 cm³/mol. The second-order valence-corrected chi connectivity index (χ2v) is 6.63. The Bertz CT molecular complexity index is 455. The van der Waals surface area contributed by atoms with Crippen molar-refractivity contribution < 1.29 is 0 Å². The number of aryl methyl sites for hydroxylation is 2. The smallest absolute Gasteiger partial charge is 0.205 e. The van der Waals surface area contributed by atoms with Gasteiger partial charge in [-0.25, -0.2) is 4.98 Å². The minimum Gasteiger partial charge on any atom is -0.339 e. The average Bonchev–Trinajstić information content (AvgIpc) is 3.04. The number of aromatic nitrogens is 2. The lowest BCUT2D eigenvalue weighted by atomic mass is 9.98. The Hall–Kier alpha value is -1.03. The molecule has 1 N–H and O–H groups in total. The molecule has 2 atom stereocenters. The molecule has 0 aromatic carbocycles. The Balaban J connectivity index is 1.83. The van der Waals surface area contributed by atoms with Gasteiger partial charge in [-0.3, -0.25) is 0 Å². The molecular formula is C17H30N4. The van der Waals surface area contributed by atoms with Crippen LogP contribution in [0.3, 0.4) is 0 Å². The highest BCUT2D eigenvalue weighted by molar-refractivity contribution is 5.36. The van der Waals surface area contributed by atoms with Gasteiger partial charge in [-0.2, -0.15) is 0 Å². The molecule has 4 nitrogen and oxygen atoms in total. The lowest BCUT2D eigenvalue weighted by Gasteiger charge is -2.38. The zero-order valence-corrected chi connectivity index (χ0v) is 13.8. The number of nitrogens with zero attached hydrogens (tertiary/aromatic N) is 3. The zero-order chi connectivity index (χ0) is 14.8. The maximum absolute atomic E-state index is 4.93. The molecule has 0 amide bonds. The first-order valence-electron chi connectivity index (χ1n) is 8.83. The highest BCUT2D eigenvalue weighted by Crippen LogP contribution is 2.32. The van der Waals surface area contributed by atoms with Crippen molar-refractivity contribution in [1.82, 2.24) is 14.9 Å². The van der Waals surface area contributed by atoms with Gasteiger partial charge >= 0.3 is 0 Å². The Morgan fingerprint density at radius 1 is 1.24 bits per heavy atom. The van der Waals surface area contributed by atoms with Crippen LogP contribution in [0.15, 0.2) is 6.20 Å². The summed E-state index contributed by atoms with van der Waals surface area (Å²) in [5.41, 5.74) is 1.23. The van der Waals surface area contributed by atoms with Gasteiger partial charge in [0.25, 0.3) is 0 Å². The van der Waals surface area contributed by atoms with E-state index in [1.807, 2.05) is 0 Å². The van der Waals surface area contributed by atoms with Gasteiger partial charge in [-0.15, -0.1) is 0 Å². The largest absolute Gasteiger partial charge is 0.339 e. The summed E-state index contributed by atoms with van der Waals surface area (Å²) in [5.74, 6) is 1.21. The van der Waals surface area contributed by atoms with Crippen molar-refractivity contribution in [3.8, 4) is 0 Å². The predicted octanol–water partition coefficient (Wildman–Crippen LogP) is 2.96. The van der Waals surface area contributed by atoms with Crippen LogP contribution in [0.25, 0.3) is 0 Å². The minimum atomic E-state index is 0.663. The number of anilines is 1. The van der Waals surface area contributed by atoms with E-state index in [1.165, 1.54) is 43.7 Å². The van der Waals surface area contributed by atoms with Crippen molar-refractivity contribution in [2.24, 2.45) is 0 Å². The van der Waals surface area contributed by atoms with E-state index >= 15 is 0 Å². The number of hydrogen-bond donors (Lipinski definition) is 1. The summed E-state index contributed by atoms with van der Waals surface area (Å²) < 4.78 is 2.38. The number of nitrogens with one attached hydrogen (secondary N) is 1. The quantitative estimate of drug-likeness (QED) is 0.874. The molecule has 2 aliphatic heterocycles. The van der Waals surface area contributed by atoms with Gasteiger partial charge < -0.3 is 14.8 Å². The SMILES string of the molecule is CCCn1cc(CC)nc1N(CC)C1CC2CCC(C1)N2. The molecule has 0 aliphatic carbocycles. The Morgan fingerprint density at radius 2 is 1.95 bits per heavy atom. The van der Waals surface area contributed by atoms with Gasteiger partial charge in [-0.1, -0.05) is 13.8 Å². The van der Waals surface area contributed by atoms with Crippen molar-refractivity contribution in [2.75, 3.05) is 11.4 Å². The molecule has 21 heavy (non-hydrogen) atoms. The van der Waals surface area contributed by atoms with E-state index in [0.29, 0.717) is 6.04 Å². The molecule has 2 aliphatic rings. The Kier molecular flexibility index (Phi) is 4.53. The van der Waals surface area contributed by atoms with Crippen LogP contribution in [0.1, 0.15) is 58.6 Å². The third-order valence-electron chi connectivity index (χ3n) is 5.12. The fourth-order valence-electron chi connectivity index (χ4n) is 4.11. The minimum absolute atomic E-state index is 0.663. The number of imidazole rings is 1. The van der Waals surface area contributed by atoms with Crippen molar-refractivity contribution in [1.29, 1.82) is 0 Å². The summed E-state index contributed by atoms with van der Waals surface area (Å²) in [5, 5.41) is 3.75. The summed E-state index contributed by atoms with van der Waals surface area (Å²) in [4.78, 5) is 7.50. The molecule has 4 heteroatoms. The molecule has 3 rings (SSSR count). The first-order chi connectivity index (χ1) is 10.2. The molecule has 118 valence electrons. The third kappa shape index (κ3) is 2.96. The van der Waals surface area contributed by atoms with E-state index in [4.69, 9.17) is 4.98 Å². The van der Waals surface area contributed by atoms with Crippen LogP contribution in [0.4, 0.5) is 5.95 Å². The second-order valence-electron chi connectivity index (χ2n) is 6.63. The maximum Gasteiger partial charge on any atom is 0.205 e. The first-order valence-corrected chi connectivity index (χ1v) is 8.83. The van der Waals surface area contributed by atoms with Crippen molar-refractivity contribution in [3.05, 3.63) is 11.9 Å². The molecule has 1 aromatic rings. The standard InChI is InChI=1S/C17H30N4/c1-4-9-20-12-13(5-2)19-17(20)21(6-3)16-10-14-7-8-15(11-16)18-14/h12,14-16,18H,4-11H2,1-3H3. The molecule has 2 bridgehead atoms.